The van der Waals surface area contributed by atoms with Gasteiger partial charge in [-0.25, -0.2) is 4.79 Å². The molecule has 0 aromatic heterocycles. The van der Waals surface area contributed by atoms with E-state index in [-0.39, 0.29) is 31.3 Å². The highest BCUT2D eigenvalue weighted by Crippen LogP contribution is 2.31. The minimum Gasteiger partial charge on any atom is -0.465 e. The number of hydrogen-bond acceptors (Lipinski definition) is 4. The number of piperidine rings is 1. The molecule has 5 rings (SSSR count). The molecule has 36 heavy (non-hydrogen) atoms. The van der Waals surface area contributed by atoms with Crippen molar-refractivity contribution in [3.63, 3.8) is 0 Å². The second-order valence-corrected chi connectivity index (χ2v) is 9.13. The summed E-state index contributed by atoms with van der Waals surface area (Å²) in [6, 6.07) is 20.1. The summed E-state index contributed by atoms with van der Waals surface area (Å²) < 4.78 is 0. The number of aryl methyl sites for hydroxylation is 1. The smallest absolute Gasteiger partial charge is 0.412 e. The van der Waals surface area contributed by atoms with Crippen LogP contribution in [0.25, 0.3) is 11.1 Å². The number of carbonyl (C=O) groups excluding carboxylic acids is 3. The molecule has 4 amide bonds. The van der Waals surface area contributed by atoms with Crippen LogP contribution in [-0.2, 0) is 22.7 Å². The van der Waals surface area contributed by atoms with Crippen LogP contribution in [-0.4, -0.2) is 39.9 Å². The molecular formula is C28H25N3O5. The van der Waals surface area contributed by atoms with Crippen molar-refractivity contribution in [2.75, 3.05) is 4.90 Å². The predicted molar refractivity (Wildman–Crippen MR) is 133 cm³/mol. The van der Waals surface area contributed by atoms with Gasteiger partial charge < -0.3 is 10.0 Å². The highest BCUT2D eigenvalue weighted by Gasteiger charge is 2.39. The van der Waals surface area contributed by atoms with Gasteiger partial charge in [-0.05, 0) is 59.4 Å². The third kappa shape index (κ3) is 4.33. The van der Waals surface area contributed by atoms with Gasteiger partial charge >= 0.3 is 6.09 Å². The standard InChI is InChI=1S/C28H25N3O5/c1-17-13-21(9-10-22(17)19-5-3-2-4-6-19)30(28(35)36)15-18-7-8-20-16-31(27(34)23(20)14-18)24-11-12-25(32)29-26(24)33/h2-10,13-14,24H,11-12,15-16H2,1H3,(H,35,36)(H,29,32,33). The molecule has 2 aliphatic rings. The molecule has 1 saturated heterocycles. The van der Waals surface area contributed by atoms with Crippen molar-refractivity contribution in [2.45, 2.75) is 38.9 Å². The summed E-state index contributed by atoms with van der Waals surface area (Å²) in [7, 11) is 0. The van der Waals surface area contributed by atoms with E-state index in [1.54, 1.807) is 24.3 Å². The van der Waals surface area contributed by atoms with Crippen LogP contribution in [0.5, 0.6) is 0 Å². The lowest BCUT2D eigenvalue weighted by Gasteiger charge is -2.29. The second-order valence-electron chi connectivity index (χ2n) is 9.13. The van der Waals surface area contributed by atoms with Crippen molar-refractivity contribution in [1.82, 2.24) is 10.2 Å². The van der Waals surface area contributed by atoms with Gasteiger partial charge in [0.05, 0.1) is 6.54 Å². The molecule has 2 N–H and O–H groups in total. The summed E-state index contributed by atoms with van der Waals surface area (Å²) >= 11 is 0. The maximum absolute atomic E-state index is 13.1. The first-order chi connectivity index (χ1) is 17.3. The number of imide groups is 1. The Kier molecular flexibility index (Phi) is 6.01. The van der Waals surface area contributed by atoms with Crippen LogP contribution in [0, 0.1) is 6.92 Å². The Labute approximate surface area is 208 Å². The topological polar surface area (TPSA) is 107 Å². The number of fused-ring (bicyclic) bond motifs is 1. The molecular weight excluding hydrogens is 458 g/mol. The first kappa shape index (κ1) is 23.3. The lowest BCUT2D eigenvalue weighted by atomic mass is 9.99. The van der Waals surface area contributed by atoms with Gasteiger partial charge in [0.15, 0.2) is 0 Å². The van der Waals surface area contributed by atoms with E-state index in [9.17, 15) is 24.3 Å². The number of anilines is 1. The van der Waals surface area contributed by atoms with Gasteiger partial charge in [0, 0.05) is 24.2 Å². The summed E-state index contributed by atoms with van der Waals surface area (Å²) in [5.74, 6) is -1.08. The molecule has 0 radical (unpaired) electrons. The first-order valence-electron chi connectivity index (χ1n) is 11.7. The summed E-state index contributed by atoms with van der Waals surface area (Å²) in [5, 5.41) is 12.2. The number of carboxylic acid groups (broad SMARTS) is 1. The Balaban J connectivity index is 1.37. The van der Waals surface area contributed by atoms with E-state index in [1.165, 1.54) is 9.80 Å². The van der Waals surface area contributed by atoms with E-state index >= 15 is 0 Å². The highest BCUT2D eigenvalue weighted by atomic mass is 16.4. The zero-order chi connectivity index (χ0) is 25.4. The van der Waals surface area contributed by atoms with Gasteiger partial charge in [-0.15, -0.1) is 0 Å². The van der Waals surface area contributed by atoms with Crippen LogP contribution in [0.2, 0.25) is 0 Å². The van der Waals surface area contributed by atoms with E-state index in [1.807, 2.05) is 49.4 Å². The summed E-state index contributed by atoms with van der Waals surface area (Å²) in [6.07, 6.45) is -0.612. The maximum atomic E-state index is 13.1. The van der Waals surface area contributed by atoms with Crippen LogP contribution in [0.1, 0.15) is 39.9 Å². The largest absolute Gasteiger partial charge is 0.465 e. The number of carbonyl (C=O) groups is 4. The van der Waals surface area contributed by atoms with Gasteiger partial charge in [0.1, 0.15) is 6.04 Å². The molecule has 2 heterocycles. The van der Waals surface area contributed by atoms with E-state index in [2.05, 4.69) is 5.32 Å². The van der Waals surface area contributed by atoms with E-state index in [0.717, 1.165) is 22.3 Å². The number of amides is 4. The monoisotopic (exact) mass is 483 g/mol. The van der Waals surface area contributed by atoms with Crippen LogP contribution < -0.4 is 10.2 Å². The number of nitrogens with one attached hydrogen (secondary N) is 1. The van der Waals surface area contributed by atoms with E-state index in [0.29, 0.717) is 23.2 Å². The maximum Gasteiger partial charge on any atom is 0.412 e. The molecule has 0 saturated carbocycles. The molecule has 0 aliphatic carbocycles. The number of nitrogens with zero attached hydrogens (tertiary/aromatic N) is 2. The molecule has 1 unspecified atom stereocenters. The third-order valence-electron chi connectivity index (χ3n) is 6.77. The Morgan fingerprint density at radius 1 is 1.03 bits per heavy atom. The van der Waals surface area contributed by atoms with Crippen molar-refractivity contribution in [1.29, 1.82) is 0 Å². The molecule has 2 aliphatic heterocycles. The second kappa shape index (κ2) is 9.30. The Morgan fingerprint density at radius 2 is 1.81 bits per heavy atom. The molecule has 0 spiro atoms. The number of benzene rings is 3. The SMILES string of the molecule is Cc1cc(N(Cc2ccc3c(c2)C(=O)N(C2CCC(=O)NC2=O)C3)C(=O)O)ccc1-c1ccccc1. The molecule has 3 aromatic carbocycles. The number of rotatable bonds is 5. The Hall–Kier alpha value is -4.46. The zero-order valence-corrected chi connectivity index (χ0v) is 19.7. The summed E-state index contributed by atoms with van der Waals surface area (Å²) in [5.41, 5.74) is 5.48. The Bertz CT molecular complexity index is 1390. The molecule has 182 valence electrons. The lowest BCUT2D eigenvalue weighted by molar-refractivity contribution is -0.136. The molecule has 8 nitrogen and oxygen atoms in total. The molecule has 1 fully saturated rings. The summed E-state index contributed by atoms with van der Waals surface area (Å²) in [4.78, 5) is 51.8. The zero-order valence-electron chi connectivity index (χ0n) is 19.7. The highest BCUT2D eigenvalue weighted by molar-refractivity contribution is 6.05. The van der Waals surface area contributed by atoms with Crippen molar-refractivity contribution in [3.05, 3.63) is 89.0 Å². The molecule has 0 bridgehead atoms. The van der Waals surface area contributed by atoms with Crippen LogP contribution in [0.15, 0.2) is 66.7 Å². The first-order valence-corrected chi connectivity index (χ1v) is 11.7. The Morgan fingerprint density at radius 3 is 2.50 bits per heavy atom. The van der Waals surface area contributed by atoms with Crippen LogP contribution >= 0.6 is 0 Å². The van der Waals surface area contributed by atoms with Crippen LogP contribution in [0.3, 0.4) is 0 Å². The average molecular weight is 484 g/mol. The fraction of sp³-hybridized carbons (Fsp3) is 0.214. The van der Waals surface area contributed by atoms with Gasteiger partial charge in [-0.1, -0.05) is 48.5 Å². The van der Waals surface area contributed by atoms with Crippen molar-refractivity contribution >= 4 is 29.5 Å². The quantitative estimate of drug-likeness (QED) is 0.531. The minimum atomic E-state index is -1.10. The van der Waals surface area contributed by atoms with Gasteiger partial charge in [-0.3, -0.25) is 24.6 Å². The normalized spacial score (nSPS) is 17.1. The average Bonchev–Trinajstić information content (AvgIpc) is 3.18. The fourth-order valence-electron chi connectivity index (χ4n) is 4.91. The van der Waals surface area contributed by atoms with Gasteiger partial charge in [0.25, 0.3) is 5.91 Å². The van der Waals surface area contributed by atoms with Crippen molar-refractivity contribution in [3.8, 4) is 11.1 Å². The van der Waals surface area contributed by atoms with E-state index in [4.69, 9.17) is 0 Å². The minimum absolute atomic E-state index is 0.0679. The van der Waals surface area contributed by atoms with Crippen LogP contribution in [0.4, 0.5) is 10.5 Å². The van der Waals surface area contributed by atoms with Gasteiger partial charge in [0.2, 0.25) is 11.8 Å². The lowest BCUT2D eigenvalue weighted by Crippen LogP contribution is -2.52. The van der Waals surface area contributed by atoms with E-state index < -0.39 is 18.0 Å². The molecule has 8 heteroatoms. The number of hydrogen-bond donors (Lipinski definition) is 2. The van der Waals surface area contributed by atoms with Crippen molar-refractivity contribution < 1.29 is 24.3 Å². The fourth-order valence-corrected chi connectivity index (χ4v) is 4.91. The third-order valence-corrected chi connectivity index (χ3v) is 6.77. The van der Waals surface area contributed by atoms with Gasteiger partial charge in [-0.2, -0.15) is 0 Å². The molecule has 1 atom stereocenters. The molecule has 3 aromatic rings. The summed E-state index contributed by atoms with van der Waals surface area (Å²) in [6.45, 7) is 2.30. The predicted octanol–water partition coefficient (Wildman–Crippen LogP) is 4.11. The van der Waals surface area contributed by atoms with Crippen molar-refractivity contribution in [2.24, 2.45) is 0 Å².